The smallest absolute Gasteiger partial charge is 0.410 e. The van der Waals surface area contributed by atoms with Crippen LogP contribution in [0, 0.1) is 0 Å². The summed E-state index contributed by atoms with van der Waals surface area (Å²) >= 11 is 11.4. The van der Waals surface area contributed by atoms with Gasteiger partial charge in [-0.3, -0.25) is 0 Å². The van der Waals surface area contributed by atoms with Crippen molar-refractivity contribution in [3.8, 4) is 0 Å². The van der Waals surface area contributed by atoms with Crippen LogP contribution in [0.5, 0.6) is 0 Å². The lowest BCUT2D eigenvalue weighted by molar-refractivity contribution is 0.0203. The zero-order valence-electron chi connectivity index (χ0n) is 35.4. The number of nitrogens with zero attached hydrogens (tertiary/aromatic N) is 2. The van der Waals surface area contributed by atoms with Crippen LogP contribution in [-0.2, 0) is 9.47 Å². The predicted octanol–water partition coefficient (Wildman–Crippen LogP) is 9.14. The van der Waals surface area contributed by atoms with Gasteiger partial charge in [0.05, 0.1) is 12.1 Å². The SMILES string of the molecule is CC(C)(C)OC(=O)N(CCCNC(=S)NC(c1ccccc1)c1ccccc1)CCCN(CCCNC(=S)NC(c1ccccc1)c1ccccc1)C(=O)OC(C)(C)C. The van der Waals surface area contributed by atoms with Crippen molar-refractivity contribution in [2.45, 2.75) is 84.1 Å². The van der Waals surface area contributed by atoms with Crippen molar-refractivity contribution in [3.63, 3.8) is 0 Å². The number of nitrogens with one attached hydrogen (secondary N) is 4. The second kappa shape index (κ2) is 23.4. The third-order valence-electron chi connectivity index (χ3n) is 9.02. The molecule has 12 heteroatoms. The monoisotopic (exact) mass is 838 g/mol. The van der Waals surface area contributed by atoms with Crippen molar-refractivity contribution in [3.05, 3.63) is 144 Å². The van der Waals surface area contributed by atoms with Crippen molar-refractivity contribution < 1.29 is 19.1 Å². The first-order chi connectivity index (χ1) is 28.2. The Morgan fingerprint density at radius 1 is 0.492 bits per heavy atom. The Kier molecular flexibility index (Phi) is 18.4. The second-order valence-electron chi connectivity index (χ2n) is 16.3. The number of hydrogen-bond donors (Lipinski definition) is 4. The van der Waals surface area contributed by atoms with E-state index in [0.29, 0.717) is 68.8 Å². The van der Waals surface area contributed by atoms with Crippen LogP contribution in [0.1, 0.15) is 95.1 Å². The molecule has 4 aromatic rings. The number of thiocarbonyl (C=S) groups is 2. The van der Waals surface area contributed by atoms with Gasteiger partial charge in [-0.15, -0.1) is 0 Å². The molecule has 4 aromatic carbocycles. The van der Waals surface area contributed by atoms with E-state index in [4.69, 9.17) is 33.9 Å². The Hall–Kier alpha value is -5.20. The van der Waals surface area contributed by atoms with Gasteiger partial charge in [0.2, 0.25) is 0 Å². The van der Waals surface area contributed by atoms with Crippen molar-refractivity contribution in [2.24, 2.45) is 0 Å². The van der Waals surface area contributed by atoms with Crippen LogP contribution in [0.4, 0.5) is 9.59 Å². The fourth-order valence-electron chi connectivity index (χ4n) is 6.30. The molecule has 0 aliphatic carbocycles. The average molecular weight is 839 g/mol. The Bertz CT molecular complexity index is 1660. The summed E-state index contributed by atoms with van der Waals surface area (Å²) in [5, 5.41) is 14.6. The molecule has 0 aliphatic rings. The molecular formula is C47H62N6O4S2. The average Bonchev–Trinajstić information content (AvgIpc) is 3.20. The minimum Gasteiger partial charge on any atom is -0.444 e. The molecule has 4 N–H and O–H groups in total. The Morgan fingerprint density at radius 3 is 1.03 bits per heavy atom. The largest absolute Gasteiger partial charge is 0.444 e. The maximum atomic E-state index is 13.4. The summed E-state index contributed by atoms with van der Waals surface area (Å²) in [6.45, 7) is 13.9. The molecule has 0 heterocycles. The van der Waals surface area contributed by atoms with Crippen LogP contribution in [0.15, 0.2) is 121 Å². The van der Waals surface area contributed by atoms with Crippen LogP contribution in [0.25, 0.3) is 0 Å². The lowest BCUT2D eigenvalue weighted by Crippen LogP contribution is -2.43. The molecule has 0 atom stereocenters. The maximum Gasteiger partial charge on any atom is 0.410 e. The Labute approximate surface area is 362 Å². The summed E-state index contributed by atoms with van der Waals surface area (Å²) in [5.74, 6) is 0. The van der Waals surface area contributed by atoms with Crippen LogP contribution in [0.2, 0.25) is 0 Å². The number of carbonyl (C=O) groups is 2. The molecule has 0 fully saturated rings. The molecule has 2 amide bonds. The third kappa shape index (κ3) is 17.3. The fraction of sp³-hybridized carbons (Fsp3) is 0.404. The van der Waals surface area contributed by atoms with E-state index >= 15 is 0 Å². The number of amides is 2. The Balaban J connectivity index is 1.30. The summed E-state index contributed by atoms with van der Waals surface area (Å²) in [4.78, 5) is 30.2. The molecule has 10 nitrogen and oxygen atoms in total. The van der Waals surface area contributed by atoms with Crippen molar-refractivity contribution >= 4 is 46.8 Å². The molecule has 59 heavy (non-hydrogen) atoms. The molecule has 0 radical (unpaired) electrons. The summed E-state index contributed by atoms with van der Waals surface area (Å²) < 4.78 is 11.6. The standard InChI is InChI=1S/C47H62N6O4S2/c1-46(2,3)56-44(54)52(32-19-30-48-42(58)50-40(36-22-11-7-12-23-36)37-24-13-8-14-25-37)34-21-35-53(45(55)57-47(4,5)6)33-20-31-49-43(59)51-41(38-26-15-9-16-27-38)39-28-17-10-18-29-39/h7-18,22-29,40-41H,19-21,30-35H2,1-6H3,(H2,48,50,58)(H2,49,51,59). The van der Waals surface area contributed by atoms with Gasteiger partial charge in [0, 0.05) is 39.3 Å². The van der Waals surface area contributed by atoms with Crippen molar-refractivity contribution in [1.29, 1.82) is 0 Å². The second-order valence-corrected chi connectivity index (χ2v) is 17.1. The maximum absolute atomic E-state index is 13.4. The van der Waals surface area contributed by atoms with Crippen LogP contribution < -0.4 is 21.3 Å². The highest BCUT2D eigenvalue weighted by molar-refractivity contribution is 7.80. The highest BCUT2D eigenvalue weighted by Crippen LogP contribution is 2.23. The van der Waals surface area contributed by atoms with E-state index in [-0.39, 0.29) is 12.1 Å². The molecule has 0 saturated carbocycles. The van der Waals surface area contributed by atoms with Gasteiger partial charge in [-0.25, -0.2) is 9.59 Å². The van der Waals surface area contributed by atoms with Gasteiger partial charge < -0.3 is 40.5 Å². The van der Waals surface area contributed by atoms with Crippen LogP contribution in [-0.4, -0.2) is 82.7 Å². The summed E-state index contributed by atoms with van der Waals surface area (Å²) in [6, 6.07) is 40.5. The molecule has 0 unspecified atom stereocenters. The normalized spacial score (nSPS) is 11.4. The molecule has 4 rings (SSSR count). The minimum absolute atomic E-state index is 0.112. The van der Waals surface area contributed by atoms with Gasteiger partial charge in [-0.1, -0.05) is 121 Å². The van der Waals surface area contributed by atoms with E-state index < -0.39 is 23.4 Å². The molecule has 0 aromatic heterocycles. The lowest BCUT2D eigenvalue weighted by atomic mass is 9.99. The zero-order valence-corrected chi connectivity index (χ0v) is 37.0. The van der Waals surface area contributed by atoms with Gasteiger partial charge in [0.25, 0.3) is 0 Å². The van der Waals surface area contributed by atoms with Gasteiger partial charge in [0.15, 0.2) is 10.2 Å². The van der Waals surface area contributed by atoms with Gasteiger partial charge >= 0.3 is 12.2 Å². The van der Waals surface area contributed by atoms with Crippen LogP contribution >= 0.6 is 24.4 Å². The molecule has 0 aliphatic heterocycles. The predicted molar refractivity (Wildman–Crippen MR) is 246 cm³/mol. The molecular weight excluding hydrogens is 777 g/mol. The minimum atomic E-state index is -0.657. The highest BCUT2D eigenvalue weighted by Gasteiger charge is 2.25. The quantitative estimate of drug-likeness (QED) is 0.0573. The molecule has 0 saturated heterocycles. The van der Waals surface area contributed by atoms with Crippen molar-refractivity contribution in [2.75, 3.05) is 39.3 Å². The first-order valence-corrected chi connectivity index (χ1v) is 21.2. The topological polar surface area (TPSA) is 107 Å². The first-order valence-electron chi connectivity index (χ1n) is 20.4. The number of hydrogen-bond acceptors (Lipinski definition) is 6. The van der Waals surface area contributed by atoms with E-state index in [1.54, 1.807) is 9.80 Å². The van der Waals surface area contributed by atoms with Gasteiger partial charge in [0.1, 0.15) is 11.2 Å². The lowest BCUT2D eigenvalue weighted by Gasteiger charge is -2.30. The van der Waals surface area contributed by atoms with E-state index in [1.165, 1.54) is 0 Å². The fourth-order valence-corrected chi connectivity index (χ4v) is 6.74. The number of benzene rings is 4. The van der Waals surface area contributed by atoms with Crippen LogP contribution in [0.3, 0.4) is 0 Å². The van der Waals surface area contributed by atoms with Crippen molar-refractivity contribution in [1.82, 2.24) is 31.1 Å². The molecule has 316 valence electrons. The summed E-state index contributed by atoms with van der Waals surface area (Å²) in [5.41, 5.74) is 3.10. The van der Waals surface area contributed by atoms with E-state index in [2.05, 4.69) is 69.8 Å². The third-order valence-corrected chi connectivity index (χ3v) is 9.55. The number of carbonyl (C=O) groups excluding carboxylic acids is 2. The van der Waals surface area contributed by atoms with E-state index in [9.17, 15) is 9.59 Å². The Morgan fingerprint density at radius 2 is 0.763 bits per heavy atom. The van der Waals surface area contributed by atoms with Gasteiger partial charge in [-0.05, 0) is 107 Å². The number of rotatable bonds is 18. The molecule has 0 spiro atoms. The highest BCUT2D eigenvalue weighted by atomic mass is 32.1. The first kappa shape index (κ1) is 46.5. The zero-order chi connectivity index (χ0) is 42.7. The number of ether oxygens (including phenoxy) is 2. The molecule has 0 bridgehead atoms. The van der Waals surface area contributed by atoms with E-state index in [0.717, 1.165) is 22.3 Å². The summed E-state index contributed by atoms with van der Waals surface area (Å²) in [7, 11) is 0. The van der Waals surface area contributed by atoms with E-state index in [1.807, 2.05) is 114 Å². The van der Waals surface area contributed by atoms with Gasteiger partial charge in [-0.2, -0.15) is 0 Å². The summed E-state index contributed by atoms with van der Waals surface area (Å²) in [6.07, 6.45) is 1.00.